The van der Waals surface area contributed by atoms with Crippen LogP contribution in [0.5, 0.6) is 0 Å². The lowest BCUT2D eigenvalue weighted by Gasteiger charge is -2.16. The normalized spacial score (nSPS) is 14.9. The van der Waals surface area contributed by atoms with Gasteiger partial charge in [-0.1, -0.05) is 13.3 Å². The van der Waals surface area contributed by atoms with Crippen molar-refractivity contribution in [2.75, 3.05) is 13.2 Å². The van der Waals surface area contributed by atoms with Crippen LogP contribution in [0, 0.1) is 5.92 Å². The van der Waals surface area contributed by atoms with Gasteiger partial charge in [-0.15, -0.1) is 0 Å². The summed E-state index contributed by atoms with van der Waals surface area (Å²) >= 11 is 4.04. The van der Waals surface area contributed by atoms with Crippen molar-refractivity contribution in [2.45, 2.75) is 38.4 Å². The average molecular weight is 219 g/mol. The summed E-state index contributed by atoms with van der Waals surface area (Å²) in [6, 6.07) is 0. The molecular formula is C10H21NO2S. The molecule has 0 aliphatic heterocycles. The molecule has 2 N–H and O–H groups in total. The molecule has 0 aromatic heterocycles. The van der Waals surface area contributed by atoms with E-state index in [1.807, 2.05) is 0 Å². The molecule has 4 heteroatoms. The van der Waals surface area contributed by atoms with Crippen molar-refractivity contribution in [3.63, 3.8) is 0 Å². The van der Waals surface area contributed by atoms with Crippen molar-refractivity contribution in [1.82, 2.24) is 5.32 Å². The molecule has 0 saturated carbocycles. The molecule has 14 heavy (non-hydrogen) atoms. The summed E-state index contributed by atoms with van der Waals surface area (Å²) in [6.45, 7) is 4.70. The number of aliphatic hydroxyl groups is 1. The molecule has 0 bridgehead atoms. The molecule has 0 aliphatic carbocycles. The first-order valence-electron chi connectivity index (χ1n) is 5.18. The molecule has 2 unspecified atom stereocenters. The lowest BCUT2D eigenvalue weighted by molar-refractivity contribution is -0.120. The quantitative estimate of drug-likeness (QED) is 0.564. The second-order valence-electron chi connectivity index (χ2n) is 3.59. The molecular weight excluding hydrogens is 198 g/mol. The van der Waals surface area contributed by atoms with E-state index in [-0.39, 0.29) is 17.8 Å². The van der Waals surface area contributed by atoms with Gasteiger partial charge in [0.2, 0.25) is 5.91 Å². The van der Waals surface area contributed by atoms with Gasteiger partial charge in [-0.2, -0.15) is 12.6 Å². The smallest absolute Gasteiger partial charge is 0.232 e. The Balaban J connectivity index is 3.74. The molecule has 0 fully saturated rings. The average Bonchev–Trinajstić information content (AvgIpc) is 2.14. The van der Waals surface area contributed by atoms with Gasteiger partial charge in [-0.3, -0.25) is 4.79 Å². The molecule has 0 aliphatic rings. The zero-order chi connectivity index (χ0) is 11.0. The lowest BCUT2D eigenvalue weighted by atomic mass is 10.0. The summed E-state index contributed by atoms with van der Waals surface area (Å²) < 4.78 is 0. The number of thiol groups is 1. The first-order valence-corrected chi connectivity index (χ1v) is 5.70. The first kappa shape index (κ1) is 13.8. The second kappa shape index (κ2) is 8.12. The van der Waals surface area contributed by atoms with Crippen LogP contribution in [0.2, 0.25) is 0 Å². The molecule has 0 radical (unpaired) electrons. The Morgan fingerprint density at radius 2 is 2.14 bits per heavy atom. The molecule has 0 aromatic carbocycles. The van der Waals surface area contributed by atoms with Gasteiger partial charge in [0.1, 0.15) is 0 Å². The molecule has 0 heterocycles. The topological polar surface area (TPSA) is 49.3 Å². The summed E-state index contributed by atoms with van der Waals surface area (Å²) in [5.74, 6) is 0.355. The van der Waals surface area contributed by atoms with E-state index in [0.717, 1.165) is 19.3 Å². The molecule has 0 spiro atoms. The third-order valence-electron chi connectivity index (χ3n) is 2.18. The van der Waals surface area contributed by atoms with Gasteiger partial charge in [-0.25, -0.2) is 0 Å². The molecule has 1 amide bonds. The summed E-state index contributed by atoms with van der Waals surface area (Å²) in [4.78, 5) is 11.2. The highest BCUT2D eigenvalue weighted by atomic mass is 32.1. The predicted octanol–water partition coefficient (Wildman–Crippen LogP) is 1.22. The summed E-state index contributed by atoms with van der Waals surface area (Å²) in [7, 11) is 0. The fourth-order valence-corrected chi connectivity index (χ4v) is 1.42. The van der Waals surface area contributed by atoms with Crippen LogP contribution < -0.4 is 5.32 Å². The van der Waals surface area contributed by atoms with Crippen LogP contribution in [-0.4, -0.2) is 29.4 Å². The maximum atomic E-state index is 11.2. The van der Waals surface area contributed by atoms with Crippen LogP contribution in [0.15, 0.2) is 0 Å². The highest BCUT2D eigenvalue weighted by Crippen LogP contribution is 2.09. The number of carbonyl (C=O) groups excluding carboxylic acids is 1. The Kier molecular flexibility index (Phi) is 7.99. The van der Waals surface area contributed by atoms with E-state index in [2.05, 4.69) is 24.9 Å². The Morgan fingerprint density at radius 3 is 2.57 bits per heavy atom. The maximum Gasteiger partial charge on any atom is 0.232 e. The van der Waals surface area contributed by atoms with Crippen LogP contribution in [0.4, 0.5) is 0 Å². The zero-order valence-corrected chi connectivity index (χ0v) is 9.89. The number of rotatable bonds is 7. The van der Waals surface area contributed by atoms with Crippen LogP contribution >= 0.6 is 12.6 Å². The minimum atomic E-state index is -0.258. The Morgan fingerprint density at radius 1 is 1.50 bits per heavy atom. The highest BCUT2D eigenvalue weighted by molar-refractivity contribution is 7.81. The van der Waals surface area contributed by atoms with Crippen molar-refractivity contribution in [3.05, 3.63) is 0 Å². The summed E-state index contributed by atoms with van der Waals surface area (Å²) in [5, 5.41) is 11.4. The standard InChI is InChI=1S/C10H21NO2S/c1-3-4-9(5-6-12)7-11-10(13)8(2)14/h8-9,12,14H,3-7H2,1-2H3,(H,11,13). The van der Waals surface area contributed by atoms with Gasteiger partial charge >= 0.3 is 0 Å². The highest BCUT2D eigenvalue weighted by Gasteiger charge is 2.11. The number of hydrogen-bond donors (Lipinski definition) is 3. The third kappa shape index (κ3) is 6.27. The van der Waals surface area contributed by atoms with Gasteiger partial charge in [0, 0.05) is 13.2 Å². The van der Waals surface area contributed by atoms with E-state index in [1.54, 1.807) is 6.92 Å². The number of nitrogens with one attached hydrogen (secondary N) is 1. The van der Waals surface area contributed by atoms with E-state index < -0.39 is 0 Å². The number of carbonyl (C=O) groups is 1. The van der Waals surface area contributed by atoms with Crippen molar-refractivity contribution in [1.29, 1.82) is 0 Å². The van der Waals surface area contributed by atoms with Gasteiger partial charge in [-0.05, 0) is 25.7 Å². The van der Waals surface area contributed by atoms with E-state index >= 15 is 0 Å². The lowest BCUT2D eigenvalue weighted by Crippen LogP contribution is -2.34. The molecule has 0 aromatic rings. The summed E-state index contributed by atoms with van der Waals surface area (Å²) in [5.41, 5.74) is 0. The number of hydrogen-bond acceptors (Lipinski definition) is 3. The van der Waals surface area contributed by atoms with Gasteiger partial charge < -0.3 is 10.4 Å². The van der Waals surface area contributed by atoms with Crippen LogP contribution in [0.1, 0.15) is 33.1 Å². The minimum absolute atomic E-state index is 0.0348. The van der Waals surface area contributed by atoms with Crippen molar-refractivity contribution in [3.8, 4) is 0 Å². The van der Waals surface area contributed by atoms with E-state index in [1.165, 1.54) is 0 Å². The van der Waals surface area contributed by atoms with Gasteiger partial charge in [0.25, 0.3) is 0 Å². The number of aliphatic hydroxyl groups excluding tert-OH is 1. The van der Waals surface area contributed by atoms with E-state index in [0.29, 0.717) is 12.5 Å². The Hall–Kier alpha value is -0.220. The van der Waals surface area contributed by atoms with Crippen LogP contribution in [0.3, 0.4) is 0 Å². The minimum Gasteiger partial charge on any atom is -0.396 e. The largest absolute Gasteiger partial charge is 0.396 e. The molecule has 0 rings (SSSR count). The fourth-order valence-electron chi connectivity index (χ4n) is 1.33. The number of amides is 1. The van der Waals surface area contributed by atoms with Crippen LogP contribution in [0.25, 0.3) is 0 Å². The molecule has 84 valence electrons. The molecule has 2 atom stereocenters. The first-order chi connectivity index (χ1) is 6.61. The molecule has 0 saturated heterocycles. The Bertz CT molecular complexity index is 156. The monoisotopic (exact) mass is 219 g/mol. The molecule has 3 nitrogen and oxygen atoms in total. The zero-order valence-electron chi connectivity index (χ0n) is 8.99. The van der Waals surface area contributed by atoms with Crippen molar-refractivity contribution in [2.24, 2.45) is 5.92 Å². The second-order valence-corrected chi connectivity index (χ2v) is 4.36. The van der Waals surface area contributed by atoms with Gasteiger partial charge in [0.15, 0.2) is 0 Å². The van der Waals surface area contributed by atoms with E-state index in [9.17, 15) is 4.79 Å². The van der Waals surface area contributed by atoms with Gasteiger partial charge in [0.05, 0.1) is 5.25 Å². The van der Waals surface area contributed by atoms with Crippen molar-refractivity contribution < 1.29 is 9.90 Å². The Labute approximate surface area is 91.7 Å². The summed E-state index contributed by atoms with van der Waals surface area (Å²) in [6.07, 6.45) is 2.88. The maximum absolute atomic E-state index is 11.2. The third-order valence-corrected chi connectivity index (χ3v) is 2.41. The predicted molar refractivity (Wildman–Crippen MR) is 61.6 cm³/mol. The SMILES string of the molecule is CCCC(CCO)CNC(=O)C(C)S. The fraction of sp³-hybridized carbons (Fsp3) is 0.900. The van der Waals surface area contributed by atoms with E-state index in [4.69, 9.17) is 5.11 Å². The van der Waals surface area contributed by atoms with Crippen LogP contribution in [-0.2, 0) is 4.79 Å². The van der Waals surface area contributed by atoms with Crippen molar-refractivity contribution >= 4 is 18.5 Å².